The summed E-state index contributed by atoms with van der Waals surface area (Å²) in [5.41, 5.74) is 2.95. The van der Waals surface area contributed by atoms with Gasteiger partial charge >= 0.3 is 0 Å². The van der Waals surface area contributed by atoms with Crippen LogP contribution in [0.25, 0.3) is 0 Å². The first-order chi connectivity index (χ1) is 10.3. The molecule has 1 saturated heterocycles. The van der Waals surface area contributed by atoms with E-state index in [1.807, 2.05) is 11.8 Å². The molecule has 0 radical (unpaired) electrons. The minimum atomic E-state index is 0.106. The number of benzene rings is 1. The van der Waals surface area contributed by atoms with Crippen molar-refractivity contribution in [2.24, 2.45) is 0 Å². The van der Waals surface area contributed by atoms with Gasteiger partial charge in [-0.2, -0.15) is 5.10 Å². The van der Waals surface area contributed by atoms with Crippen LogP contribution in [0.4, 0.5) is 0 Å². The number of aryl methyl sites for hydroxylation is 1. The van der Waals surface area contributed by atoms with Gasteiger partial charge in [0.05, 0.1) is 11.8 Å². The van der Waals surface area contributed by atoms with Crippen molar-refractivity contribution in [3.63, 3.8) is 0 Å². The lowest BCUT2D eigenvalue weighted by Gasteiger charge is -2.20. The summed E-state index contributed by atoms with van der Waals surface area (Å²) in [5.74, 6) is 0.671. The summed E-state index contributed by atoms with van der Waals surface area (Å²) in [5, 5.41) is 6.79. The number of amides is 1. The van der Waals surface area contributed by atoms with Gasteiger partial charge in [-0.15, -0.1) is 0 Å². The number of hydrogen-bond donors (Lipinski definition) is 1. The van der Waals surface area contributed by atoms with E-state index in [9.17, 15) is 4.79 Å². The van der Waals surface area contributed by atoms with Gasteiger partial charge in [0.2, 0.25) is 0 Å². The zero-order chi connectivity index (χ0) is 14.7. The maximum absolute atomic E-state index is 12.5. The van der Waals surface area contributed by atoms with Crippen LogP contribution in [0, 0.1) is 6.92 Å². The predicted molar refractivity (Wildman–Crippen MR) is 82.3 cm³/mol. The molecule has 110 valence electrons. The molecule has 1 aromatic carbocycles. The molecule has 0 saturated carbocycles. The van der Waals surface area contributed by atoms with Crippen LogP contribution in [0.5, 0.6) is 0 Å². The number of aromatic nitrogens is 2. The molecule has 2 aromatic rings. The molecule has 3 rings (SSSR count). The number of nitrogens with zero attached hydrogens (tertiary/aromatic N) is 2. The number of aromatic amines is 1. The molecule has 1 aliphatic rings. The Morgan fingerprint density at radius 3 is 2.76 bits per heavy atom. The zero-order valence-electron chi connectivity index (χ0n) is 12.4. The van der Waals surface area contributed by atoms with E-state index in [0.717, 1.165) is 38.0 Å². The number of hydrogen-bond acceptors (Lipinski definition) is 2. The van der Waals surface area contributed by atoms with E-state index in [-0.39, 0.29) is 5.91 Å². The van der Waals surface area contributed by atoms with Crippen molar-refractivity contribution in [3.8, 4) is 0 Å². The number of likely N-dealkylation sites (tertiary alicyclic amines) is 1. The quantitative estimate of drug-likeness (QED) is 0.920. The molecule has 4 nitrogen and oxygen atoms in total. The Morgan fingerprint density at radius 2 is 2.05 bits per heavy atom. The van der Waals surface area contributed by atoms with Gasteiger partial charge < -0.3 is 4.90 Å². The lowest BCUT2D eigenvalue weighted by atomic mass is 9.92. The van der Waals surface area contributed by atoms with Crippen molar-refractivity contribution in [1.29, 1.82) is 0 Å². The zero-order valence-corrected chi connectivity index (χ0v) is 12.4. The molecule has 2 heterocycles. The minimum Gasteiger partial charge on any atom is -0.339 e. The lowest BCUT2D eigenvalue weighted by Crippen LogP contribution is -2.32. The number of carbonyl (C=O) groups is 1. The predicted octanol–water partition coefficient (Wildman–Crippen LogP) is 3.13. The molecule has 1 aliphatic heterocycles. The molecule has 1 amide bonds. The smallest absolute Gasteiger partial charge is 0.257 e. The first kappa shape index (κ1) is 13.9. The molecule has 0 unspecified atom stereocenters. The molecule has 4 heteroatoms. The Hall–Kier alpha value is -2.10. The largest absolute Gasteiger partial charge is 0.339 e. The molecule has 1 fully saturated rings. The Labute approximate surface area is 125 Å². The standard InChI is InChI=1S/C17H21N3O/c1-13-16(12-18-19-13)17(21)20-10-5-8-15(9-11-20)14-6-3-2-4-7-14/h2-4,6-7,12,15H,5,8-11H2,1H3,(H,18,19)/t15-/m0/s1. The molecule has 0 spiro atoms. The third-order valence-electron chi connectivity index (χ3n) is 4.35. The van der Waals surface area contributed by atoms with Crippen molar-refractivity contribution in [1.82, 2.24) is 15.1 Å². The first-order valence-electron chi connectivity index (χ1n) is 7.60. The second-order valence-electron chi connectivity index (χ2n) is 5.74. The minimum absolute atomic E-state index is 0.106. The highest BCUT2D eigenvalue weighted by Gasteiger charge is 2.23. The number of carbonyl (C=O) groups excluding carboxylic acids is 1. The fourth-order valence-corrected chi connectivity index (χ4v) is 3.09. The van der Waals surface area contributed by atoms with Crippen molar-refractivity contribution < 1.29 is 4.79 Å². The van der Waals surface area contributed by atoms with Crippen LogP contribution >= 0.6 is 0 Å². The monoisotopic (exact) mass is 283 g/mol. The van der Waals surface area contributed by atoms with E-state index < -0.39 is 0 Å². The number of nitrogens with one attached hydrogen (secondary N) is 1. The summed E-state index contributed by atoms with van der Waals surface area (Å²) in [4.78, 5) is 14.5. The van der Waals surface area contributed by atoms with Crippen LogP contribution in [-0.2, 0) is 0 Å². The fourth-order valence-electron chi connectivity index (χ4n) is 3.09. The van der Waals surface area contributed by atoms with E-state index in [4.69, 9.17) is 0 Å². The van der Waals surface area contributed by atoms with E-state index in [1.54, 1.807) is 6.20 Å². The van der Waals surface area contributed by atoms with E-state index in [0.29, 0.717) is 11.5 Å². The number of rotatable bonds is 2. The van der Waals surface area contributed by atoms with Crippen molar-refractivity contribution in [2.45, 2.75) is 32.1 Å². The molecular formula is C17H21N3O. The topological polar surface area (TPSA) is 49.0 Å². The highest BCUT2D eigenvalue weighted by molar-refractivity contribution is 5.95. The van der Waals surface area contributed by atoms with E-state index in [1.165, 1.54) is 5.56 Å². The summed E-state index contributed by atoms with van der Waals surface area (Å²) >= 11 is 0. The maximum Gasteiger partial charge on any atom is 0.257 e. The first-order valence-corrected chi connectivity index (χ1v) is 7.60. The molecule has 1 N–H and O–H groups in total. The van der Waals surface area contributed by atoms with Gasteiger partial charge in [-0.3, -0.25) is 9.89 Å². The van der Waals surface area contributed by atoms with Crippen LogP contribution in [0.3, 0.4) is 0 Å². The average Bonchev–Trinajstić information content (AvgIpc) is 2.80. The summed E-state index contributed by atoms with van der Waals surface area (Å²) in [7, 11) is 0. The number of H-pyrrole nitrogens is 1. The Bertz CT molecular complexity index is 606. The summed E-state index contributed by atoms with van der Waals surface area (Å²) in [6.45, 7) is 3.56. The van der Waals surface area contributed by atoms with Gasteiger partial charge in [0.15, 0.2) is 0 Å². The van der Waals surface area contributed by atoms with Crippen LogP contribution in [-0.4, -0.2) is 34.1 Å². The van der Waals surface area contributed by atoms with Crippen molar-refractivity contribution >= 4 is 5.91 Å². The SMILES string of the molecule is Cc1[nH]ncc1C(=O)N1CCC[C@H](c2ccccc2)CC1. The summed E-state index contributed by atoms with van der Waals surface area (Å²) < 4.78 is 0. The normalized spacial score (nSPS) is 19.3. The lowest BCUT2D eigenvalue weighted by molar-refractivity contribution is 0.0760. The highest BCUT2D eigenvalue weighted by Crippen LogP contribution is 2.28. The van der Waals surface area contributed by atoms with Crippen molar-refractivity contribution in [3.05, 3.63) is 53.3 Å². The second-order valence-corrected chi connectivity index (χ2v) is 5.74. The molecule has 0 aliphatic carbocycles. The van der Waals surface area contributed by atoms with Gasteiger partial charge in [0, 0.05) is 18.8 Å². The third kappa shape index (κ3) is 2.99. The molecule has 0 bridgehead atoms. The van der Waals surface area contributed by atoms with Crippen LogP contribution in [0.2, 0.25) is 0 Å². The molecule has 1 atom stereocenters. The van der Waals surface area contributed by atoms with Gasteiger partial charge in [-0.25, -0.2) is 0 Å². The van der Waals surface area contributed by atoms with E-state index in [2.05, 4.69) is 40.5 Å². The Balaban J connectivity index is 1.69. The summed E-state index contributed by atoms with van der Waals surface area (Å²) in [6, 6.07) is 10.6. The molecule has 1 aromatic heterocycles. The fraction of sp³-hybridized carbons (Fsp3) is 0.412. The van der Waals surface area contributed by atoms with E-state index >= 15 is 0 Å². The van der Waals surface area contributed by atoms with Gasteiger partial charge in [-0.05, 0) is 37.7 Å². The van der Waals surface area contributed by atoms with Crippen molar-refractivity contribution in [2.75, 3.05) is 13.1 Å². The second kappa shape index (κ2) is 6.12. The Morgan fingerprint density at radius 1 is 1.24 bits per heavy atom. The van der Waals surface area contributed by atoms with Crippen LogP contribution < -0.4 is 0 Å². The molecule has 21 heavy (non-hydrogen) atoms. The maximum atomic E-state index is 12.5. The summed E-state index contributed by atoms with van der Waals surface area (Å²) in [6.07, 6.45) is 4.88. The van der Waals surface area contributed by atoms with Crippen LogP contribution in [0.15, 0.2) is 36.5 Å². The van der Waals surface area contributed by atoms with Gasteiger partial charge in [-0.1, -0.05) is 30.3 Å². The van der Waals surface area contributed by atoms with Crippen LogP contribution in [0.1, 0.15) is 46.8 Å². The van der Waals surface area contributed by atoms with Gasteiger partial charge in [0.25, 0.3) is 5.91 Å². The average molecular weight is 283 g/mol. The Kier molecular flexibility index (Phi) is 4.04. The third-order valence-corrected chi connectivity index (χ3v) is 4.35. The molecular weight excluding hydrogens is 262 g/mol. The highest BCUT2D eigenvalue weighted by atomic mass is 16.2. The van der Waals surface area contributed by atoms with Gasteiger partial charge in [0.1, 0.15) is 0 Å².